The number of hydrogen-bond acceptors (Lipinski definition) is 2. The third-order valence-corrected chi connectivity index (χ3v) is 10.2. The average molecular weight is 383 g/mol. The molecule has 26 heavy (non-hydrogen) atoms. The van der Waals surface area contributed by atoms with Gasteiger partial charge in [0.2, 0.25) is 0 Å². The van der Waals surface area contributed by atoms with Crippen LogP contribution in [0.4, 0.5) is 0 Å². The number of aliphatic hydroxyl groups excluding tert-OH is 1. The van der Waals surface area contributed by atoms with Crippen molar-refractivity contribution in [2.45, 2.75) is 98.9 Å². The van der Waals surface area contributed by atoms with Crippen molar-refractivity contribution in [1.82, 2.24) is 0 Å². The predicted octanol–water partition coefficient (Wildman–Crippen LogP) is 6.97. The first kappa shape index (κ1) is 25.6. The molecule has 0 saturated carbocycles. The minimum Gasteiger partial charge on any atom is -0.413 e. The second-order valence-corrected chi connectivity index (χ2v) is 14.8. The maximum Gasteiger partial charge on any atom is 0.192 e. The summed E-state index contributed by atoms with van der Waals surface area (Å²) in [6, 6.07) is 0. The largest absolute Gasteiger partial charge is 0.413 e. The van der Waals surface area contributed by atoms with Crippen molar-refractivity contribution < 1.29 is 9.53 Å². The quantitative estimate of drug-likeness (QED) is 0.309. The summed E-state index contributed by atoms with van der Waals surface area (Å²) < 4.78 is 6.85. The van der Waals surface area contributed by atoms with Gasteiger partial charge in [-0.3, -0.25) is 0 Å². The van der Waals surface area contributed by atoms with E-state index in [-0.39, 0.29) is 17.7 Å². The maximum atomic E-state index is 8.98. The van der Waals surface area contributed by atoms with E-state index in [9.17, 15) is 0 Å². The van der Waals surface area contributed by atoms with Crippen LogP contribution < -0.4 is 0 Å². The van der Waals surface area contributed by atoms with Crippen LogP contribution in [0.3, 0.4) is 0 Å². The highest BCUT2D eigenvalue weighted by Crippen LogP contribution is 2.39. The van der Waals surface area contributed by atoms with E-state index in [2.05, 4.69) is 74.6 Å². The van der Waals surface area contributed by atoms with Gasteiger partial charge in [0.05, 0.1) is 12.7 Å². The minimum atomic E-state index is -1.80. The van der Waals surface area contributed by atoms with Crippen molar-refractivity contribution in [2.24, 2.45) is 17.8 Å². The molecule has 0 unspecified atom stereocenters. The summed E-state index contributed by atoms with van der Waals surface area (Å²) in [5.41, 5.74) is 1.20. The Balaban J connectivity index is 5.24. The monoisotopic (exact) mass is 382 g/mol. The Morgan fingerprint density at radius 2 is 1.65 bits per heavy atom. The van der Waals surface area contributed by atoms with Crippen LogP contribution in [0.25, 0.3) is 0 Å². The molecular weight excluding hydrogens is 336 g/mol. The summed E-state index contributed by atoms with van der Waals surface area (Å²) in [6.07, 6.45) is 10.00. The molecule has 0 saturated heterocycles. The van der Waals surface area contributed by atoms with Gasteiger partial charge in [0, 0.05) is 0 Å². The SMILES string of the molecule is CC(/C=C/CO)=C\[C@@H](C)[C@@H](CC[C@@H](C)CC(C)C)O[Si](C)(C)C(C)(C)C. The molecule has 3 atom stereocenters. The molecule has 0 heterocycles. The summed E-state index contributed by atoms with van der Waals surface area (Å²) >= 11 is 0. The molecule has 0 rings (SSSR count). The van der Waals surface area contributed by atoms with E-state index in [4.69, 9.17) is 9.53 Å². The van der Waals surface area contributed by atoms with Crippen molar-refractivity contribution >= 4 is 8.32 Å². The highest BCUT2D eigenvalue weighted by Gasteiger charge is 2.39. The normalized spacial score (nSPS) is 17.8. The minimum absolute atomic E-state index is 0.0934. The van der Waals surface area contributed by atoms with E-state index in [0.717, 1.165) is 18.3 Å². The molecule has 1 N–H and O–H groups in total. The molecule has 0 aliphatic heterocycles. The third-order valence-electron chi connectivity index (χ3n) is 5.67. The van der Waals surface area contributed by atoms with Gasteiger partial charge in [0.1, 0.15) is 0 Å². The number of hydrogen-bond donors (Lipinski definition) is 1. The van der Waals surface area contributed by atoms with Crippen LogP contribution in [0.5, 0.6) is 0 Å². The van der Waals surface area contributed by atoms with E-state index < -0.39 is 8.32 Å². The molecule has 0 spiro atoms. The van der Waals surface area contributed by atoms with Gasteiger partial charge in [-0.25, -0.2) is 0 Å². The number of rotatable bonds is 11. The number of allylic oxidation sites excluding steroid dienone is 2. The van der Waals surface area contributed by atoms with Crippen molar-refractivity contribution in [3.8, 4) is 0 Å². The van der Waals surface area contributed by atoms with E-state index in [0.29, 0.717) is 5.92 Å². The van der Waals surface area contributed by atoms with Gasteiger partial charge in [0.25, 0.3) is 0 Å². The Kier molecular flexibility index (Phi) is 11.3. The second kappa shape index (κ2) is 11.5. The van der Waals surface area contributed by atoms with Crippen LogP contribution in [0.15, 0.2) is 23.8 Å². The molecule has 0 fully saturated rings. The number of aliphatic hydroxyl groups is 1. The fourth-order valence-corrected chi connectivity index (χ4v) is 4.61. The van der Waals surface area contributed by atoms with Crippen molar-refractivity contribution in [3.05, 3.63) is 23.8 Å². The molecule has 154 valence electrons. The Morgan fingerprint density at radius 1 is 1.08 bits per heavy atom. The molecule has 0 radical (unpaired) electrons. The van der Waals surface area contributed by atoms with E-state index in [1.807, 2.05) is 6.08 Å². The zero-order valence-electron chi connectivity index (χ0n) is 19.2. The van der Waals surface area contributed by atoms with Crippen LogP contribution in [-0.4, -0.2) is 26.1 Å². The second-order valence-electron chi connectivity index (χ2n) is 10.1. The summed E-state index contributed by atoms with van der Waals surface area (Å²) in [6.45, 7) is 23.1. The fourth-order valence-electron chi connectivity index (χ4n) is 3.17. The molecule has 0 bridgehead atoms. The van der Waals surface area contributed by atoms with Gasteiger partial charge >= 0.3 is 0 Å². The van der Waals surface area contributed by atoms with Gasteiger partial charge in [-0.05, 0) is 62.1 Å². The molecule has 0 aliphatic rings. The summed E-state index contributed by atoms with van der Waals surface area (Å²) in [4.78, 5) is 0. The van der Waals surface area contributed by atoms with Crippen LogP contribution in [0.2, 0.25) is 18.1 Å². The van der Waals surface area contributed by atoms with Crippen molar-refractivity contribution in [3.63, 3.8) is 0 Å². The zero-order chi connectivity index (χ0) is 20.5. The Morgan fingerprint density at radius 3 is 2.12 bits per heavy atom. The predicted molar refractivity (Wildman–Crippen MR) is 119 cm³/mol. The first-order valence-corrected chi connectivity index (χ1v) is 13.3. The molecule has 2 nitrogen and oxygen atoms in total. The van der Waals surface area contributed by atoms with Crippen LogP contribution in [-0.2, 0) is 4.43 Å². The lowest BCUT2D eigenvalue weighted by molar-refractivity contribution is 0.127. The molecule has 3 heteroatoms. The van der Waals surface area contributed by atoms with Crippen molar-refractivity contribution in [1.29, 1.82) is 0 Å². The van der Waals surface area contributed by atoms with Gasteiger partial charge in [-0.15, -0.1) is 0 Å². The Hall–Kier alpha value is -0.383. The van der Waals surface area contributed by atoms with Crippen LogP contribution in [0, 0.1) is 17.8 Å². The lowest BCUT2D eigenvalue weighted by Crippen LogP contribution is -2.45. The summed E-state index contributed by atoms with van der Waals surface area (Å²) in [5, 5.41) is 9.21. The van der Waals surface area contributed by atoms with E-state index in [1.54, 1.807) is 6.08 Å². The fraction of sp³-hybridized carbons (Fsp3) is 0.826. The van der Waals surface area contributed by atoms with Gasteiger partial charge in [-0.1, -0.05) is 72.3 Å². The van der Waals surface area contributed by atoms with E-state index >= 15 is 0 Å². The van der Waals surface area contributed by atoms with Gasteiger partial charge in [-0.2, -0.15) is 0 Å². The van der Waals surface area contributed by atoms with Crippen molar-refractivity contribution in [2.75, 3.05) is 6.61 Å². The van der Waals surface area contributed by atoms with E-state index in [1.165, 1.54) is 18.4 Å². The molecule has 0 aromatic carbocycles. The average Bonchev–Trinajstić information content (AvgIpc) is 2.47. The molecule has 0 aliphatic carbocycles. The van der Waals surface area contributed by atoms with Gasteiger partial charge in [0.15, 0.2) is 8.32 Å². The van der Waals surface area contributed by atoms with Gasteiger partial charge < -0.3 is 9.53 Å². The summed E-state index contributed by atoms with van der Waals surface area (Å²) in [5.74, 6) is 1.87. The first-order valence-electron chi connectivity index (χ1n) is 10.4. The maximum absolute atomic E-state index is 8.98. The van der Waals surface area contributed by atoms with Crippen LogP contribution >= 0.6 is 0 Å². The molecule has 0 amide bonds. The highest BCUT2D eigenvalue weighted by atomic mass is 28.4. The molecular formula is C23H46O2Si. The third kappa shape index (κ3) is 10.1. The summed E-state index contributed by atoms with van der Waals surface area (Å²) in [7, 11) is -1.80. The zero-order valence-corrected chi connectivity index (χ0v) is 20.2. The first-order chi connectivity index (χ1) is 11.8. The Bertz CT molecular complexity index is 444. The smallest absolute Gasteiger partial charge is 0.192 e. The lowest BCUT2D eigenvalue weighted by Gasteiger charge is -2.41. The highest BCUT2D eigenvalue weighted by molar-refractivity contribution is 6.74. The van der Waals surface area contributed by atoms with Crippen LogP contribution in [0.1, 0.15) is 74.7 Å². The lowest BCUT2D eigenvalue weighted by atomic mass is 9.90. The Labute approximate surface area is 165 Å². The molecule has 0 aromatic heterocycles. The molecule has 0 aromatic rings. The standard InChI is InChI=1S/C23H46O2Si/c1-18(2)16-20(4)13-14-22(25-26(9,10)23(6,7)8)21(5)17-19(3)12-11-15-24/h11-12,17-18,20-22,24H,13-16H2,1-10H3/b12-11+,19-17+/t20-,21-,22-/m1/s1. The topological polar surface area (TPSA) is 29.5 Å².